The Hall–Kier alpha value is -1.47. The molecule has 0 heterocycles. The zero-order valence-corrected chi connectivity index (χ0v) is 7.28. The van der Waals surface area contributed by atoms with Crippen LogP contribution in [0.15, 0.2) is 23.1 Å². The van der Waals surface area contributed by atoms with Crippen LogP contribution in [-0.4, -0.2) is 9.13 Å². The van der Waals surface area contributed by atoms with Crippen molar-refractivity contribution in [1.29, 1.82) is 0 Å². The summed E-state index contributed by atoms with van der Waals surface area (Å²) in [4.78, 5) is 9.92. The smallest absolute Gasteiger partial charge is 0.293 e. The van der Waals surface area contributed by atoms with Crippen molar-refractivity contribution in [2.24, 2.45) is 5.14 Å². The highest BCUT2D eigenvalue weighted by Gasteiger charge is 2.13. The predicted octanol–water partition coefficient (Wildman–Crippen LogP) is 0.158. The molecular formula is C6H7N3O3S. The predicted molar refractivity (Wildman–Crippen MR) is 48.1 cm³/mol. The van der Waals surface area contributed by atoms with Crippen LogP contribution < -0.4 is 10.9 Å². The highest BCUT2D eigenvalue weighted by molar-refractivity contribution is 7.82. The van der Waals surface area contributed by atoms with E-state index in [2.05, 4.69) is 0 Å². The molecule has 1 aromatic rings. The Labute approximate surface area is 76.3 Å². The summed E-state index contributed by atoms with van der Waals surface area (Å²) in [6.45, 7) is 0. The maximum atomic E-state index is 10.8. The maximum absolute atomic E-state index is 10.8. The number of anilines is 1. The lowest BCUT2D eigenvalue weighted by Gasteiger charge is -1.98. The Kier molecular flexibility index (Phi) is 2.59. The molecule has 0 aliphatic rings. The molecule has 0 amide bonds. The fourth-order valence-electron chi connectivity index (χ4n) is 0.807. The molecule has 0 aliphatic heterocycles. The Balaban J connectivity index is 3.27. The van der Waals surface area contributed by atoms with Crippen LogP contribution in [0.2, 0.25) is 0 Å². The van der Waals surface area contributed by atoms with Crippen molar-refractivity contribution in [2.75, 3.05) is 5.73 Å². The van der Waals surface area contributed by atoms with E-state index in [4.69, 9.17) is 10.9 Å². The van der Waals surface area contributed by atoms with Gasteiger partial charge >= 0.3 is 0 Å². The number of nitro groups is 1. The van der Waals surface area contributed by atoms with Gasteiger partial charge in [-0.05, 0) is 12.1 Å². The fourth-order valence-corrected chi connectivity index (χ4v) is 1.24. The number of nitrogen functional groups attached to an aromatic ring is 1. The van der Waals surface area contributed by atoms with Gasteiger partial charge in [-0.2, -0.15) is 0 Å². The zero-order chi connectivity index (χ0) is 10.0. The quantitative estimate of drug-likeness (QED) is 0.403. The van der Waals surface area contributed by atoms with Crippen molar-refractivity contribution >= 4 is 22.4 Å². The number of benzene rings is 1. The van der Waals surface area contributed by atoms with Gasteiger partial charge in [0, 0.05) is 6.07 Å². The molecule has 70 valence electrons. The molecule has 0 aromatic heterocycles. The van der Waals surface area contributed by atoms with Crippen molar-refractivity contribution in [3.05, 3.63) is 28.3 Å². The number of nitro benzene ring substituents is 1. The van der Waals surface area contributed by atoms with Crippen LogP contribution in [-0.2, 0) is 11.0 Å². The number of hydrogen-bond donors (Lipinski definition) is 2. The molecule has 1 rings (SSSR count). The first kappa shape index (κ1) is 9.62. The van der Waals surface area contributed by atoms with Gasteiger partial charge in [-0.3, -0.25) is 10.1 Å². The summed E-state index contributed by atoms with van der Waals surface area (Å²) in [5.74, 6) is 0. The molecule has 6 nitrogen and oxygen atoms in total. The molecule has 0 saturated carbocycles. The van der Waals surface area contributed by atoms with Crippen LogP contribution >= 0.6 is 0 Å². The lowest BCUT2D eigenvalue weighted by molar-refractivity contribution is -0.384. The Morgan fingerprint density at radius 2 is 2.08 bits per heavy atom. The van der Waals surface area contributed by atoms with Crippen LogP contribution in [0.5, 0.6) is 0 Å². The van der Waals surface area contributed by atoms with Gasteiger partial charge < -0.3 is 5.73 Å². The molecule has 0 fully saturated rings. The van der Waals surface area contributed by atoms with Gasteiger partial charge in [0.1, 0.15) is 16.7 Å². The van der Waals surface area contributed by atoms with Gasteiger partial charge in [0.25, 0.3) is 5.69 Å². The lowest BCUT2D eigenvalue weighted by atomic mass is 10.3. The third-order valence-electron chi connectivity index (χ3n) is 1.43. The van der Waals surface area contributed by atoms with E-state index in [0.717, 1.165) is 6.07 Å². The minimum atomic E-state index is -1.72. The molecule has 4 N–H and O–H groups in total. The van der Waals surface area contributed by atoms with Crippen LogP contribution in [0.3, 0.4) is 0 Å². The van der Waals surface area contributed by atoms with Crippen molar-refractivity contribution in [3.63, 3.8) is 0 Å². The number of rotatable bonds is 2. The SMILES string of the molecule is Nc1ccc(S(N)=O)cc1[N+](=O)[O-]. The van der Waals surface area contributed by atoms with Crippen molar-refractivity contribution < 1.29 is 9.13 Å². The van der Waals surface area contributed by atoms with E-state index in [-0.39, 0.29) is 16.3 Å². The molecule has 1 aromatic carbocycles. The Bertz CT molecular complexity index is 379. The molecule has 0 bridgehead atoms. The second-order valence-electron chi connectivity index (χ2n) is 2.28. The summed E-state index contributed by atoms with van der Waals surface area (Å²) in [6, 6.07) is 3.79. The van der Waals surface area contributed by atoms with Gasteiger partial charge in [0.05, 0.1) is 9.82 Å². The first-order valence-electron chi connectivity index (χ1n) is 3.22. The molecule has 0 saturated heterocycles. The molecule has 13 heavy (non-hydrogen) atoms. The highest BCUT2D eigenvalue weighted by atomic mass is 32.2. The lowest BCUT2D eigenvalue weighted by Crippen LogP contribution is -2.04. The second kappa shape index (κ2) is 3.50. The first-order valence-corrected chi connectivity index (χ1v) is 4.43. The van der Waals surface area contributed by atoms with E-state index in [9.17, 15) is 14.3 Å². The minimum Gasteiger partial charge on any atom is -0.393 e. The zero-order valence-electron chi connectivity index (χ0n) is 6.47. The van der Waals surface area contributed by atoms with Gasteiger partial charge in [0.15, 0.2) is 0 Å². The van der Waals surface area contributed by atoms with Crippen molar-refractivity contribution in [2.45, 2.75) is 4.90 Å². The van der Waals surface area contributed by atoms with E-state index < -0.39 is 15.9 Å². The van der Waals surface area contributed by atoms with Gasteiger partial charge in [-0.15, -0.1) is 0 Å². The average molecular weight is 201 g/mol. The highest BCUT2D eigenvalue weighted by Crippen LogP contribution is 2.22. The molecule has 0 aliphatic carbocycles. The summed E-state index contributed by atoms with van der Waals surface area (Å²) in [6.07, 6.45) is 0. The third-order valence-corrected chi connectivity index (χ3v) is 2.15. The normalized spacial score (nSPS) is 12.4. The van der Waals surface area contributed by atoms with Crippen molar-refractivity contribution in [3.8, 4) is 0 Å². The van der Waals surface area contributed by atoms with Crippen LogP contribution in [0.1, 0.15) is 0 Å². The maximum Gasteiger partial charge on any atom is 0.293 e. The Morgan fingerprint density at radius 1 is 1.46 bits per heavy atom. The molecule has 0 radical (unpaired) electrons. The van der Waals surface area contributed by atoms with Gasteiger partial charge in [-0.1, -0.05) is 0 Å². The first-order chi connectivity index (χ1) is 6.02. The molecule has 7 heteroatoms. The van der Waals surface area contributed by atoms with Gasteiger partial charge in [-0.25, -0.2) is 9.35 Å². The van der Waals surface area contributed by atoms with E-state index in [1.807, 2.05) is 0 Å². The summed E-state index contributed by atoms with van der Waals surface area (Å²) >= 11 is 0. The summed E-state index contributed by atoms with van der Waals surface area (Å²) in [7, 11) is -1.72. The standard InChI is InChI=1S/C6H7N3O3S/c7-5-2-1-4(13(8)12)3-6(5)9(10)11/h1-3H,7-8H2. The Morgan fingerprint density at radius 3 is 2.54 bits per heavy atom. The largest absolute Gasteiger partial charge is 0.393 e. The van der Waals surface area contributed by atoms with E-state index in [1.54, 1.807) is 0 Å². The van der Waals surface area contributed by atoms with Gasteiger partial charge in [0.2, 0.25) is 0 Å². The number of nitrogens with zero attached hydrogens (tertiary/aromatic N) is 1. The minimum absolute atomic E-state index is 0.0270. The van der Waals surface area contributed by atoms with E-state index in [1.165, 1.54) is 12.1 Å². The summed E-state index contributed by atoms with van der Waals surface area (Å²) in [5, 5.41) is 15.4. The van der Waals surface area contributed by atoms with E-state index in [0.29, 0.717) is 0 Å². The van der Waals surface area contributed by atoms with Crippen LogP contribution in [0.25, 0.3) is 0 Å². The third kappa shape index (κ3) is 2.01. The molecule has 0 spiro atoms. The molecule has 1 atom stereocenters. The number of nitrogens with two attached hydrogens (primary N) is 2. The van der Waals surface area contributed by atoms with Crippen molar-refractivity contribution in [1.82, 2.24) is 0 Å². The summed E-state index contributed by atoms with van der Waals surface area (Å²) < 4.78 is 10.8. The topological polar surface area (TPSA) is 112 Å². The van der Waals surface area contributed by atoms with Crippen LogP contribution in [0, 0.1) is 10.1 Å². The fraction of sp³-hybridized carbons (Fsp3) is 0. The van der Waals surface area contributed by atoms with Crippen LogP contribution in [0.4, 0.5) is 11.4 Å². The number of hydrogen-bond acceptors (Lipinski definition) is 4. The monoisotopic (exact) mass is 201 g/mol. The summed E-state index contributed by atoms with van der Waals surface area (Å²) in [5.41, 5.74) is 5.05. The molecular weight excluding hydrogens is 194 g/mol. The molecule has 1 unspecified atom stereocenters. The van der Waals surface area contributed by atoms with E-state index >= 15 is 0 Å². The second-order valence-corrected chi connectivity index (χ2v) is 3.34. The average Bonchev–Trinajstić information content (AvgIpc) is 2.04.